The minimum atomic E-state index is -4.41. The van der Waals surface area contributed by atoms with Gasteiger partial charge < -0.3 is 10.2 Å². The van der Waals surface area contributed by atoms with Gasteiger partial charge in [0.15, 0.2) is 0 Å². The Labute approximate surface area is 148 Å². The number of carbonyl (C=O) groups excluding carboxylic acids is 1. The molecule has 8 heteroatoms. The first kappa shape index (κ1) is 19.1. The maximum atomic E-state index is 12.5. The van der Waals surface area contributed by atoms with E-state index in [4.69, 9.17) is 0 Å². The third-order valence-corrected chi connectivity index (χ3v) is 4.30. The number of aromatic nitrogens is 1. The highest BCUT2D eigenvalue weighted by atomic mass is 32.2. The molecule has 0 aliphatic heterocycles. The minimum Gasteiger partial charge on any atom is -0.378 e. The Morgan fingerprint density at radius 2 is 1.84 bits per heavy atom. The molecule has 4 nitrogen and oxygen atoms in total. The zero-order valence-corrected chi connectivity index (χ0v) is 14.6. The summed E-state index contributed by atoms with van der Waals surface area (Å²) in [5, 5.41) is 3.15. The van der Waals surface area contributed by atoms with Crippen LogP contribution in [0.1, 0.15) is 11.1 Å². The number of anilines is 1. The Hall–Kier alpha value is -2.22. The Balaban J connectivity index is 1.78. The van der Waals surface area contributed by atoms with E-state index in [1.807, 2.05) is 43.3 Å². The molecule has 2 aromatic rings. The van der Waals surface area contributed by atoms with E-state index in [-0.39, 0.29) is 11.7 Å². The van der Waals surface area contributed by atoms with Gasteiger partial charge in [-0.05, 0) is 29.8 Å². The monoisotopic (exact) mass is 369 g/mol. The fraction of sp³-hybridized carbons (Fsp3) is 0.294. The lowest BCUT2D eigenvalue weighted by Gasteiger charge is -2.13. The summed E-state index contributed by atoms with van der Waals surface area (Å²) in [4.78, 5) is 17.5. The number of carbonyl (C=O) groups is 1. The van der Waals surface area contributed by atoms with Crippen LogP contribution in [0.25, 0.3) is 0 Å². The zero-order chi connectivity index (χ0) is 18.4. The Kier molecular flexibility index (Phi) is 6.30. The van der Waals surface area contributed by atoms with E-state index >= 15 is 0 Å². The number of hydrogen-bond acceptors (Lipinski definition) is 4. The highest BCUT2D eigenvalue weighted by Crippen LogP contribution is 2.29. The molecule has 2 rings (SSSR count). The summed E-state index contributed by atoms with van der Waals surface area (Å²) in [7, 11) is 3.90. The molecule has 0 spiro atoms. The average molecular weight is 369 g/mol. The standard InChI is InChI=1S/C17H18F3N3OS/c1-23(2)14-6-3-12(4-7-14)9-21-15(24)11-25-16-8-5-13(10-22-16)17(18,19)20/h3-8,10H,9,11H2,1-2H3,(H,21,24). The number of nitrogens with zero attached hydrogens (tertiary/aromatic N) is 2. The molecule has 0 bridgehead atoms. The van der Waals surface area contributed by atoms with Crippen molar-refractivity contribution in [3.63, 3.8) is 0 Å². The van der Waals surface area contributed by atoms with E-state index in [0.717, 1.165) is 35.3 Å². The molecule has 1 heterocycles. The summed E-state index contributed by atoms with van der Waals surface area (Å²) >= 11 is 1.09. The van der Waals surface area contributed by atoms with Crippen LogP contribution in [-0.4, -0.2) is 30.7 Å². The van der Waals surface area contributed by atoms with Crippen LogP contribution in [0.5, 0.6) is 0 Å². The molecule has 0 aliphatic carbocycles. The maximum absolute atomic E-state index is 12.5. The van der Waals surface area contributed by atoms with Gasteiger partial charge in [-0.3, -0.25) is 4.79 Å². The summed E-state index contributed by atoms with van der Waals surface area (Å²) in [6, 6.07) is 10.0. The van der Waals surface area contributed by atoms with Crippen molar-refractivity contribution in [2.75, 3.05) is 24.7 Å². The highest BCUT2D eigenvalue weighted by Gasteiger charge is 2.30. The molecular weight excluding hydrogens is 351 g/mol. The minimum absolute atomic E-state index is 0.0914. The number of hydrogen-bond donors (Lipinski definition) is 1. The van der Waals surface area contributed by atoms with Crippen molar-refractivity contribution in [1.29, 1.82) is 0 Å². The Bertz CT molecular complexity index is 701. The van der Waals surface area contributed by atoms with Gasteiger partial charge in [-0.25, -0.2) is 4.98 Å². The van der Waals surface area contributed by atoms with Crippen LogP contribution in [-0.2, 0) is 17.5 Å². The van der Waals surface area contributed by atoms with Gasteiger partial charge in [0, 0.05) is 32.5 Å². The molecule has 0 atom stereocenters. The highest BCUT2D eigenvalue weighted by molar-refractivity contribution is 7.99. The molecule has 1 amide bonds. The zero-order valence-electron chi connectivity index (χ0n) is 13.8. The third kappa shape index (κ3) is 5.97. The number of nitrogens with one attached hydrogen (secondary N) is 1. The van der Waals surface area contributed by atoms with E-state index in [1.54, 1.807) is 0 Å². The Morgan fingerprint density at radius 3 is 2.36 bits per heavy atom. The second kappa shape index (κ2) is 8.24. The molecule has 1 aromatic heterocycles. The fourth-order valence-corrected chi connectivity index (χ4v) is 2.61. The largest absolute Gasteiger partial charge is 0.417 e. The van der Waals surface area contributed by atoms with Gasteiger partial charge >= 0.3 is 6.18 Å². The van der Waals surface area contributed by atoms with Crippen molar-refractivity contribution in [1.82, 2.24) is 10.3 Å². The topological polar surface area (TPSA) is 45.2 Å². The molecule has 134 valence electrons. The maximum Gasteiger partial charge on any atom is 0.417 e. The number of pyridine rings is 1. The first-order chi connectivity index (χ1) is 11.8. The van der Waals surface area contributed by atoms with Crippen molar-refractivity contribution < 1.29 is 18.0 Å². The predicted octanol–water partition coefficient (Wildman–Crippen LogP) is 3.57. The van der Waals surface area contributed by atoms with E-state index in [9.17, 15) is 18.0 Å². The van der Waals surface area contributed by atoms with Crippen LogP contribution in [0.3, 0.4) is 0 Å². The van der Waals surface area contributed by atoms with Gasteiger partial charge in [-0.1, -0.05) is 23.9 Å². The number of alkyl halides is 3. The van der Waals surface area contributed by atoms with Gasteiger partial charge in [0.2, 0.25) is 5.91 Å². The van der Waals surface area contributed by atoms with Crippen molar-refractivity contribution in [3.8, 4) is 0 Å². The quantitative estimate of drug-likeness (QED) is 0.791. The summed E-state index contributed by atoms with van der Waals surface area (Å²) in [6.07, 6.45) is -3.64. The molecule has 0 saturated carbocycles. The first-order valence-electron chi connectivity index (χ1n) is 7.45. The van der Waals surface area contributed by atoms with Crippen LogP contribution >= 0.6 is 11.8 Å². The van der Waals surface area contributed by atoms with Crippen LogP contribution in [0.2, 0.25) is 0 Å². The van der Waals surface area contributed by atoms with Crippen molar-refractivity contribution in [3.05, 3.63) is 53.7 Å². The summed E-state index contributed by atoms with van der Waals surface area (Å²) in [6.45, 7) is 0.396. The van der Waals surface area contributed by atoms with E-state index in [1.165, 1.54) is 6.07 Å². The van der Waals surface area contributed by atoms with Gasteiger partial charge in [-0.15, -0.1) is 0 Å². The summed E-state index contributed by atoms with van der Waals surface area (Å²) in [5.74, 6) is -0.114. The molecule has 1 N–H and O–H groups in total. The molecule has 0 aliphatic rings. The van der Waals surface area contributed by atoms with Gasteiger partial charge in [0.1, 0.15) is 0 Å². The molecule has 0 radical (unpaired) electrons. The first-order valence-corrected chi connectivity index (χ1v) is 8.43. The van der Waals surface area contributed by atoms with Gasteiger partial charge in [0.05, 0.1) is 16.3 Å². The third-order valence-electron chi connectivity index (χ3n) is 3.36. The Morgan fingerprint density at radius 1 is 1.16 bits per heavy atom. The van der Waals surface area contributed by atoms with Gasteiger partial charge in [-0.2, -0.15) is 13.2 Å². The number of amides is 1. The second-order valence-electron chi connectivity index (χ2n) is 5.51. The van der Waals surface area contributed by atoms with Gasteiger partial charge in [0.25, 0.3) is 0 Å². The molecule has 0 unspecified atom stereocenters. The van der Waals surface area contributed by atoms with Crippen LogP contribution in [0.15, 0.2) is 47.6 Å². The average Bonchev–Trinajstić information content (AvgIpc) is 2.58. The normalized spacial score (nSPS) is 11.2. The lowest BCUT2D eigenvalue weighted by atomic mass is 10.2. The van der Waals surface area contributed by atoms with Crippen LogP contribution < -0.4 is 10.2 Å². The van der Waals surface area contributed by atoms with Crippen LogP contribution in [0, 0.1) is 0 Å². The molecule has 1 aromatic carbocycles. The predicted molar refractivity (Wildman–Crippen MR) is 92.6 cm³/mol. The van der Waals surface area contributed by atoms with E-state index in [2.05, 4.69) is 10.3 Å². The van der Waals surface area contributed by atoms with Crippen LogP contribution in [0.4, 0.5) is 18.9 Å². The molecule has 25 heavy (non-hydrogen) atoms. The molecule has 0 fully saturated rings. The summed E-state index contributed by atoms with van der Waals surface area (Å²) < 4.78 is 37.4. The number of benzene rings is 1. The SMILES string of the molecule is CN(C)c1ccc(CNC(=O)CSc2ccc(C(F)(F)F)cn2)cc1. The number of rotatable bonds is 6. The second-order valence-corrected chi connectivity index (χ2v) is 6.50. The summed E-state index contributed by atoms with van der Waals surface area (Å²) in [5.41, 5.74) is 1.23. The molecular formula is C17H18F3N3OS. The smallest absolute Gasteiger partial charge is 0.378 e. The lowest BCUT2D eigenvalue weighted by molar-refractivity contribution is -0.137. The van der Waals surface area contributed by atoms with Crippen molar-refractivity contribution in [2.24, 2.45) is 0 Å². The number of thioether (sulfide) groups is 1. The fourth-order valence-electron chi connectivity index (χ4n) is 1.94. The van der Waals surface area contributed by atoms with Crippen molar-refractivity contribution in [2.45, 2.75) is 17.7 Å². The van der Waals surface area contributed by atoms with Crippen molar-refractivity contribution >= 4 is 23.4 Å². The van der Waals surface area contributed by atoms with E-state index in [0.29, 0.717) is 11.6 Å². The molecule has 0 saturated heterocycles. The lowest BCUT2D eigenvalue weighted by Crippen LogP contribution is -2.24. The van der Waals surface area contributed by atoms with E-state index < -0.39 is 11.7 Å². The number of halogens is 3.